The summed E-state index contributed by atoms with van der Waals surface area (Å²) in [5.41, 5.74) is 2.88. The normalized spacial score (nSPS) is 17.3. The van der Waals surface area contributed by atoms with E-state index in [-0.39, 0.29) is 12.0 Å². The lowest BCUT2D eigenvalue weighted by Crippen LogP contribution is -2.42. The van der Waals surface area contributed by atoms with Gasteiger partial charge in [-0.15, -0.1) is 0 Å². The summed E-state index contributed by atoms with van der Waals surface area (Å²) in [6.07, 6.45) is -0.353. The molecule has 0 aliphatic carbocycles. The number of aryl methyl sites for hydroxylation is 1. The summed E-state index contributed by atoms with van der Waals surface area (Å²) in [7, 11) is 0. The average molecular weight is 349 g/mol. The molecule has 2 heterocycles. The Kier molecular flexibility index (Phi) is 4.50. The third-order valence-corrected chi connectivity index (χ3v) is 4.42. The van der Waals surface area contributed by atoms with Crippen molar-refractivity contribution in [3.8, 4) is 11.1 Å². The molecule has 3 aromatic rings. The fourth-order valence-corrected chi connectivity index (χ4v) is 3.05. The maximum Gasteiger partial charge on any atom is 0.254 e. The van der Waals surface area contributed by atoms with E-state index in [9.17, 15) is 4.79 Å². The topological polar surface area (TPSA) is 68.5 Å². The molecule has 0 bridgehead atoms. The smallest absolute Gasteiger partial charge is 0.254 e. The first-order valence-corrected chi connectivity index (χ1v) is 8.57. The lowest BCUT2D eigenvalue weighted by Gasteiger charge is -2.31. The fourth-order valence-electron chi connectivity index (χ4n) is 3.05. The molecular formula is C20H19N3O3. The highest BCUT2D eigenvalue weighted by atomic mass is 16.5. The molecule has 2 aromatic carbocycles. The highest BCUT2D eigenvalue weighted by Crippen LogP contribution is 2.23. The van der Waals surface area contributed by atoms with Gasteiger partial charge in [0.25, 0.3) is 5.91 Å². The van der Waals surface area contributed by atoms with Gasteiger partial charge in [0.2, 0.25) is 11.7 Å². The van der Waals surface area contributed by atoms with Crippen molar-refractivity contribution in [2.75, 3.05) is 19.7 Å². The number of nitrogens with zero attached hydrogens (tertiary/aromatic N) is 3. The fraction of sp³-hybridized carbons (Fsp3) is 0.250. The summed E-state index contributed by atoms with van der Waals surface area (Å²) < 4.78 is 10.7. The number of aromatic nitrogens is 2. The third-order valence-electron chi connectivity index (χ3n) is 4.42. The van der Waals surface area contributed by atoms with E-state index >= 15 is 0 Å². The van der Waals surface area contributed by atoms with Gasteiger partial charge in [-0.2, -0.15) is 4.98 Å². The standard InChI is InChI=1S/C20H19N3O3/c1-14-21-19(22-26-14)18-13-23(11-12-25-18)20(24)17-9-7-16(8-10-17)15-5-3-2-4-6-15/h2-10,18H,11-13H2,1H3/t18-/m0/s1. The predicted molar refractivity (Wildman–Crippen MR) is 95.5 cm³/mol. The zero-order valence-electron chi connectivity index (χ0n) is 14.5. The van der Waals surface area contributed by atoms with Crippen molar-refractivity contribution in [3.05, 3.63) is 71.9 Å². The SMILES string of the molecule is Cc1nc([C@@H]2CN(C(=O)c3ccc(-c4ccccc4)cc3)CCO2)no1. The Morgan fingerprint density at radius 1 is 1.08 bits per heavy atom. The summed E-state index contributed by atoms with van der Waals surface area (Å²) in [5.74, 6) is 0.959. The van der Waals surface area contributed by atoms with Crippen LogP contribution in [0.2, 0.25) is 0 Å². The van der Waals surface area contributed by atoms with E-state index in [2.05, 4.69) is 22.3 Å². The number of hydrogen-bond donors (Lipinski definition) is 0. The summed E-state index contributed by atoms with van der Waals surface area (Å²) >= 11 is 0. The Morgan fingerprint density at radius 3 is 2.50 bits per heavy atom. The molecule has 6 nitrogen and oxygen atoms in total. The van der Waals surface area contributed by atoms with E-state index in [4.69, 9.17) is 9.26 Å². The Hall–Kier alpha value is -2.99. The van der Waals surface area contributed by atoms with E-state index in [1.807, 2.05) is 42.5 Å². The second-order valence-corrected chi connectivity index (χ2v) is 6.23. The minimum Gasteiger partial charge on any atom is -0.366 e. The van der Waals surface area contributed by atoms with E-state index in [0.717, 1.165) is 11.1 Å². The first kappa shape index (κ1) is 16.5. The van der Waals surface area contributed by atoms with Crippen molar-refractivity contribution in [3.63, 3.8) is 0 Å². The second kappa shape index (κ2) is 7.09. The van der Waals surface area contributed by atoms with Crippen LogP contribution < -0.4 is 0 Å². The van der Waals surface area contributed by atoms with E-state index in [0.29, 0.717) is 37.0 Å². The van der Waals surface area contributed by atoms with Crippen LogP contribution >= 0.6 is 0 Å². The van der Waals surface area contributed by atoms with Crippen LogP contribution in [0.5, 0.6) is 0 Å². The zero-order valence-corrected chi connectivity index (χ0v) is 14.5. The molecule has 0 N–H and O–H groups in total. The molecule has 1 aliphatic rings. The first-order valence-electron chi connectivity index (χ1n) is 8.57. The van der Waals surface area contributed by atoms with Gasteiger partial charge >= 0.3 is 0 Å². The Bertz CT molecular complexity index is 890. The van der Waals surface area contributed by atoms with E-state index in [1.165, 1.54) is 0 Å². The lowest BCUT2D eigenvalue weighted by molar-refractivity contribution is -0.0276. The summed E-state index contributed by atoms with van der Waals surface area (Å²) in [6.45, 7) is 3.15. The van der Waals surface area contributed by atoms with Crippen molar-refractivity contribution in [2.45, 2.75) is 13.0 Å². The maximum atomic E-state index is 12.8. The van der Waals surface area contributed by atoms with Crippen LogP contribution in [0.15, 0.2) is 59.1 Å². The Balaban J connectivity index is 1.48. The molecule has 1 aromatic heterocycles. The van der Waals surface area contributed by atoms with Crippen LogP contribution in [0, 0.1) is 6.92 Å². The molecule has 132 valence electrons. The number of rotatable bonds is 3. The molecule has 1 aliphatic heterocycles. The molecule has 6 heteroatoms. The average Bonchev–Trinajstić information content (AvgIpc) is 3.15. The predicted octanol–water partition coefficient (Wildman–Crippen LogP) is 3.26. The molecule has 4 rings (SSSR count). The van der Waals surface area contributed by atoms with Crippen LogP contribution in [0.3, 0.4) is 0 Å². The quantitative estimate of drug-likeness (QED) is 0.726. The van der Waals surface area contributed by atoms with Gasteiger partial charge in [0.05, 0.1) is 13.2 Å². The highest BCUT2D eigenvalue weighted by Gasteiger charge is 2.29. The molecule has 1 atom stereocenters. The zero-order chi connectivity index (χ0) is 17.9. The molecule has 0 spiro atoms. The number of hydrogen-bond acceptors (Lipinski definition) is 5. The van der Waals surface area contributed by atoms with Crippen LogP contribution in [-0.2, 0) is 4.74 Å². The molecule has 0 saturated carbocycles. The van der Waals surface area contributed by atoms with Crippen molar-refractivity contribution in [1.82, 2.24) is 15.0 Å². The largest absolute Gasteiger partial charge is 0.366 e. The number of carbonyl (C=O) groups is 1. The molecule has 0 unspecified atom stereocenters. The van der Waals surface area contributed by atoms with Crippen LogP contribution in [0.4, 0.5) is 0 Å². The first-order chi connectivity index (χ1) is 12.7. The number of morpholine rings is 1. The van der Waals surface area contributed by atoms with Crippen molar-refractivity contribution in [2.24, 2.45) is 0 Å². The lowest BCUT2D eigenvalue weighted by atomic mass is 10.0. The Morgan fingerprint density at radius 2 is 1.81 bits per heavy atom. The van der Waals surface area contributed by atoms with Gasteiger partial charge in [0, 0.05) is 19.0 Å². The molecular weight excluding hydrogens is 330 g/mol. The number of ether oxygens (including phenoxy) is 1. The maximum absolute atomic E-state index is 12.8. The van der Waals surface area contributed by atoms with Gasteiger partial charge in [-0.3, -0.25) is 4.79 Å². The van der Waals surface area contributed by atoms with Crippen LogP contribution in [0.25, 0.3) is 11.1 Å². The highest BCUT2D eigenvalue weighted by molar-refractivity contribution is 5.94. The minimum absolute atomic E-state index is 0.0156. The minimum atomic E-state index is -0.353. The molecule has 26 heavy (non-hydrogen) atoms. The second-order valence-electron chi connectivity index (χ2n) is 6.23. The van der Waals surface area contributed by atoms with Crippen molar-refractivity contribution in [1.29, 1.82) is 0 Å². The number of benzene rings is 2. The van der Waals surface area contributed by atoms with Gasteiger partial charge in [0.1, 0.15) is 6.10 Å². The van der Waals surface area contributed by atoms with Gasteiger partial charge in [-0.1, -0.05) is 47.6 Å². The molecule has 1 saturated heterocycles. The number of amides is 1. The van der Waals surface area contributed by atoms with Crippen molar-refractivity contribution >= 4 is 5.91 Å². The van der Waals surface area contributed by atoms with Crippen LogP contribution in [-0.4, -0.2) is 40.6 Å². The van der Waals surface area contributed by atoms with Crippen molar-refractivity contribution < 1.29 is 14.1 Å². The molecule has 1 fully saturated rings. The third kappa shape index (κ3) is 3.36. The molecule has 0 radical (unpaired) electrons. The van der Waals surface area contributed by atoms with Gasteiger partial charge in [0.15, 0.2) is 0 Å². The summed E-state index contributed by atoms with van der Waals surface area (Å²) in [6, 6.07) is 17.8. The number of carbonyl (C=O) groups excluding carboxylic acids is 1. The summed E-state index contributed by atoms with van der Waals surface area (Å²) in [4.78, 5) is 18.8. The van der Waals surface area contributed by atoms with Crippen LogP contribution in [0.1, 0.15) is 28.2 Å². The van der Waals surface area contributed by atoms with Gasteiger partial charge in [-0.05, 0) is 23.3 Å². The van der Waals surface area contributed by atoms with Gasteiger partial charge < -0.3 is 14.2 Å². The van der Waals surface area contributed by atoms with E-state index in [1.54, 1.807) is 11.8 Å². The van der Waals surface area contributed by atoms with E-state index < -0.39 is 0 Å². The summed E-state index contributed by atoms with van der Waals surface area (Å²) in [5, 5.41) is 3.90. The van der Waals surface area contributed by atoms with Gasteiger partial charge in [-0.25, -0.2) is 0 Å². The molecule has 1 amide bonds. The monoisotopic (exact) mass is 349 g/mol. The Labute approximate surface area is 151 Å².